The Kier molecular flexibility index (Phi) is 6.35. The Morgan fingerprint density at radius 3 is 2.65 bits per heavy atom. The summed E-state index contributed by atoms with van der Waals surface area (Å²) in [6.07, 6.45) is 4.78. The molecule has 1 aromatic heterocycles. The first kappa shape index (κ1) is 17.7. The Morgan fingerprint density at radius 2 is 2.09 bits per heavy atom. The molecule has 2 heterocycles. The van der Waals surface area contributed by atoms with E-state index in [9.17, 15) is 8.42 Å². The van der Waals surface area contributed by atoms with Crippen molar-refractivity contribution in [2.45, 2.75) is 19.4 Å². The van der Waals surface area contributed by atoms with E-state index in [0.717, 1.165) is 31.0 Å². The van der Waals surface area contributed by atoms with Gasteiger partial charge in [0.2, 0.25) is 10.0 Å². The maximum Gasteiger partial charge on any atom is 0.211 e. The summed E-state index contributed by atoms with van der Waals surface area (Å²) in [6.45, 7) is 2.61. The van der Waals surface area contributed by atoms with Crippen LogP contribution in [0.15, 0.2) is 29.4 Å². The van der Waals surface area contributed by atoms with E-state index in [-0.39, 0.29) is 0 Å². The molecule has 1 aliphatic heterocycles. The predicted molar refractivity (Wildman–Crippen MR) is 91.6 cm³/mol. The van der Waals surface area contributed by atoms with Crippen LogP contribution in [0.4, 0.5) is 0 Å². The van der Waals surface area contributed by atoms with E-state index >= 15 is 0 Å². The van der Waals surface area contributed by atoms with E-state index < -0.39 is 10.0 Å². The average Bonchev–Trinajstić information content (AvgIpc) is 2.55. The molecule has 7 nitrogen and oxygen atoms in total. The van der Waals surface area contributed by atoms with Gasteiger partial charge in [-0.05, 0) is 30.9 Å². The SMILES string of the molecule is CN=C(NCc1ccccn1)NCC1CCN(S(C)(=O)=O)CC1. The summed E-state index contributed by atoms with van der Waals surface area (Å²) in [4.78, 5) is 8.46. The quantitative estimate of drug-likeness (QED) is 0.600. The summed E-state index contributed by atoms with van der Waals surface area (Å²) in [7, 11) is -1.32. The van der Waals surface area contributed by atoms with Crippen molar-refractivity contribution in [1.29, 1.82) is 0 Å². The molecule has 0 spiro atoms. The minimum absolute atomic E-state index is 0.460. The maximum absolute atomic E-state index is 11.5. The van der Waals surface area contributed by atoms with Crippen molar-refractivity contribution < 1.29 is 8.42 Å². The molecule has 0 bridgehead atoms. The average molecular weight is 339 g/mol. The second-order valence-electron chi connectivity index (χ2n) is 5.73. The van der Waals surface area contributed by atoms with Gasteiger partial charge >= 0.3 is 0 Å². The Bertz CT molecular complexity index is 610. The van der Waals surface area contributed by atoms with Crippen LogP contribution in [-0.2, 0) is 16.6 Å². The highest BCUT2D eigenvalue weighted by atomic mass is 32.2. The smallest absolute Gasteiger partial charge is 0.211 e. The number of hydrogen-bond donors (Lipinski definition) is 2. The van der Waals surface area contributed by atoms with Gasteiger partial charge in [-0.2, -0.15) is 0 Å². The topological polar surface area (TPSA) is 86.7 Å². The van der Waals surface area contributed by atoms with Crippen LogP contribution < -0.4 is 10.6 Å². The number of aromatic nitrogens is 1. The molecule has 1 fully saturated rings. The molecule has 2 N–H and O–H groups in total. The lowest BCUT2D eigenvalue weighted by atomic mass is 9.98. The molecule has 1 aromatic rings. The molecule has 0 saturated carbocycles. The highest BCUT2D eigenvalue weighted by Gasteiger charge is 2.24. The van der Waals surface area contributed by atoms with Gasteiger partial charge in [-0.1, -0.05) is 6.07 Å². The third-order valence-corrected chi connectivity index (χ3v) is 5.29. The van der Waals surface area contributed by atoms with E-state index in [1.807, 2.05) is 18.2 Å². The summed E-state index contributed by atoms with van der Waals surface area (Å²) in [5, 5.41) is 6.53. The fourth-order valence-corrected chi connectivity index (χ4v) is 3.46. The van der Waals surface area contributed by atoms with Gasteiger partial charge in [-0.15, -0.1) is 0 Å². The summed E-state index contributed by atoms with van der Waals surface area (Å²) < 4.78 is 24.6. The second-order valence-corrected chi connectivity index (χ2v) is 7.72. The Morgan fingerprint density at radius 1 is 1.35 bits per heavy atom. The molecule has 23 heavy (non-hydrogen) atoms. The molecule has 0 amide bonds. The van der Waals surface area contributed by atoms with Gasteiger partial charge in [-0.25, -0.2) is 12.7 Å². The first-order valence-electron chi connectivity index (χ1n) is 7.78. The summed E-state index contributed by atoms with van der Waals surface area (Å²) in [6, 6.07) is 5.80. The molecule has 0 radical (unpaired) electrons. The van der Waals surface area contributed by atoms with Crippen molar-refractivity contribution in [1.82, 2.24) is 19.9 Å². The molecule has 1 aliphatic rings. The fraction of sp³-hybridized carbons (Fsp3) is 0.600. The van der Waals surface area contributed by atoms with Crippen LogP contribution in [0.5, 0.6) is 0 Å². The lowest BCUT2D eigenvalue weighted by Crippen LogP contribution is -2.43. The van der Waals surface area contributed by atoms with Crippen LogP contribution in [0.3, 0.4) is 0 Å². The second kappa shape index (κ2) is 8.26. The number of piperidine rings is 1. The van der Waals surface area contributed by atoms with Crippen LogP contribution in [0, 0.1) is 5.92 Å². The van der Waals surface area contributed by atoms with E-state index in [2.05, 4.69) is 20.6 Å². The predicted octanol–water partition coefficient (Wildman–Crippen LogP) is 0.418. The van der Waals surface area contributed by atoms with Crippen LogP contribution in [-0.4, -0.2) is 56.6 Å². The van der Waals surface area contributed by atoms with Crippen molar-refractivity contribution in [3.63, 3.8) is 0 Å². The van der Waals surface area contributed by atoms with Crippen molar-refractivity contribution in [2.75, 3.05) is 32.9 Å². The van der Waals surface area contributed by atoms with Gasteiger partial charge in [0.25, 0.3) is 0 Å². The third kappa shape index (κ3) is 5.80. The molecule has 0 atom stereocenters. The van der Waals surface area contributed by atoms with Crippen LogP contribution in [0.2, 0.25) is 0 Å². The van der Waals surface area contributed by atoms with Crippen LogP contribution >= 0.6 is 0 Å². The number of hydrogen-bond acceptors (Lipinski definition) is 4. The number of nitrogens with zero attached hydrogens (tertiary/aromatic N) is 3. The van der Waals surface area contributed by atoms with Crippen molar-refractivity contribution in [3.8, 4) is 0 Å². The minimum Gasteiger partial charge on any atom is -0.356 e. The van der Waals surface area contributed by atoms with Gasteiger partial charge in [0.1, 0.15) is 0 Å². The molecule has 1 saturated heterocycles. The normalized spacial score (nSPS) is 17.9. The lowest BCUT2D eigenvalue weighted by Gasteiger charge is -2.30. The number of aliphatic imine (C=N–C) groups is 1. The zero-order chi connectivity index (χ0) is 16.7. The maximum atomic E-state index is 11.5. The number of nitrogens with one attached hydrogen (secondary N) is 2. The van der Waals surface area contributed by atoms with Gasteiger partial charge in [0.05, 0.1) is 18.5 Å². The third-order valence-electron chi connectivity index (χ3n) is 3.99. The number of guanidine groups is 1. The zero-order valence-corrected chi connectivity index (χ0v) is 14.5. The van der Waals surface area contributed by atoms with E-state index in [4.69, 9.17) is 0 Å². The van der Waals surface area contributed by atoms with E-state index in [0.29, 0.717) is 25.6 Å². The van der Waals surface area contributed by atoms with E-state index in [1.54, 1.807) is 17.5 Å². The van der Waals surface area contributed by atoms with Gasteiger partial charge in [0.15, 0.2) is 5.96 Å². The van der Waals surface area contributed by atoms with Gasteiger partial charge in [-0.3, -0.25) is 9.98 Å². The molecule has 128 valence electrons. The Balaban J connectivity index is 1.72. The molecule has 0 unspecified atom stereocenters. The molecule has 2 rings (SSSR count). The van der Waals surface area contributed by atoms with Gasteiger partial charge in [0, 0.05) is 32.9 Å². The molecule has 0 aliphatic carbocycles. The van der Waals surface area contributed by atoms with Gasteiger partial charge < -0.3 is 10.6 Å². The first-order chi connectivity index (χ1) is 11.0. The lowest BCUT2D eigenvalue weighted by molar-refractivity contribution is 0.275. The molecular weight excluding hydrogens is 314 g/mol. The van der Waals surface area contributed by atoms with Crippen LogP contribution in [0.25, 0.3) is 0 Å². The fourth-order valence-electron chi connectivity index (χ4n) is 2.58. The van der Waals surface area contributed by atoms with Crippen molar-refractivity contribution in [2.24, 2.45) is 10.9 Å². The van der Waals surface area contributed by atoms with Crippen molar-refractivity contribution >= 4 is 16.0 Å². The number of pyridine rings is 1. The summed E-state index contributed by atoms with van der Waals surface area (Å²) >= 11 is 0. The minimum atomic E-state index is -3.05. The highest BCUT2D eigenvalue weighted by molar-refractivity contribution is 7.88. The highest BCUT2D eigenvalue weighted by Crippen LogP contribution is 2.18. The molecule has 8 heteroatoms. The van der Waals surface area contributed by atoms with Crippen molar-refractivity contribution in [3.05, 3.63) is 30.1 Å². The summed E-state index contributed by atoms with van der Waals surface area (Å²) in [5.41, 5.74) is 0.955. The largest absolute Gasteiger partial charge is 0.356 e. The Labute approximate surface area is 138 Å². The van der Waals surface area contributed by atoms with Crippen LogP contribution in [0.1, 0.15) is 18.5 Å². The first-order valence-corrected chi connectivity index (χ1v) is 9.63. The monoisotopic (exact) mass is 339 g/mol. The Hall–Kier alpha value is -1.67. The number of rotatable bonds is 5. The molecule has 0 aromatic carbocycles. The zero-order valence-electron chi connectivity index (χ0n) is 13.7. The summed E-state index contributed by atoms with van der Waals surface area (Å²) in [5.74, 6) is 1.20. The van der Waals surface area contributed by atoms with E-state index in [1.165, 1.54) is 6.26 Å². The molecular formula is C15H25N5O2S. The number of sulfonamides is 1. The standard InChI is InChI=1S/C15H25N5O2S/c1-16-15(19-12-14-5-3-4-8-17-14)18-11-13-6-9-20(10-7-13)23(2,21)22/h3-5,8,13H,6-7,9-12H2,1-2H3,(H2,16,18,19).